The van der Waals surface area contributed by atoms with Crippen molar-refractivity contribution in [3.63, 3.8) is 0 Å². The molecule has 1 aromatic heterocycles. The van der Waals surface area contributed by atoms with E-state index in [1.54, 1.807) is 0 Å². The molecule has 0 saturated heterocycles. The summed E-state index contributed by atoms with van der Waals surface area (Å²) in [6.07, 6.45) is 0. The molecule has 5 nitrogen and oxygen atoms in total. The summed E-state index contributed by atoms with van der Waals surface area (Å²) in [6, 6.07) is 1.25. The van der Waals surface area contributed by atoms with Crippen molar-refractivity contribution in [2.24, 2.45) is 0 Å². The Labute approximate surface area is 63.4 Å². The Morgan fingerprint density at radius 2 is 2.00 bits per heavy atom. The fraction of sp³-hybridized carbons (Fsp3) is 0.333. The molecule has 0 bridgehead atoms. The molecule has 1 aromatic rings. The van der Waals surface area contributed by atoms with Crippen LogP contribution in [0.4, 0.5) is 0 Å². The van der Waals surface area contributed by atoms with Gasteiger partial charge in [-0.1, -0.05) is 0 Å². The molecular weight excluding hydrogens is 150 g/mol. The topological polar surface area (TPSA) is 63.9 Å². The number of aromatic nitrogens is 1. The zero-order chi connectivity index (χ0) is 8.43. The molecule has 2 N–H and O–H groups in total. The van der Waals surface area contributed by atoms with Gasteiger partial charge >= 0.3 is 0 Å². The highest BCUT2D eigenvalue weighted by Crippen LogP contribution is 2.32. The van der Waals surface area contributed by atoms with Gasteiger partial charge in [-0.15, -0.1) is 4.73 Å². The van der Waals surface area contributed by atoms with Crippen LogP contribution in [-0.2, 0) is 0 Å². The monoisotopic (exact) mass is 159 g/mol. The maximum absolute atomic E-state index is 9.16. The Morgan fingerprint density at radius 1 is 1.36 bits per heavy atom. The number of methoxy groups -OCH3 is 1. The molecular formula is C6H9NO4. The number of rotatable bonds is 2. The van der Waals surface area contributed by atoms with E-state index in [0.29, 0.717) is 0 Å². The molecule has 0 spiro atoms. The van der Waals surface area contributed by atoms with Crippen LogP contribution in [0, 0.1) is 0 Å². The van der Waals surface area contributed by atoms with E-state index >= 15 is 0 Å². The molecule has 62 valence electrons. The first kappa shape index (κ1) is 7.59. The molecule has 0 radical (unpaired) electrons. The summed E-state index contributed by atoms with van der Waals surface area (Å²) in [7, 11) is 2.70. The smallest absolute Gasteiger partial charge is 0.272 e. The first-order valence-electron chi connectivity index (χ1n) is 2.92. The van der Waals surface area contributed by atoms with Gasteiger partial charge in [-0.3, -0.25) is 0 Å². The van der Waals surface area contributed by atoms with E-state index in [9.17, 15) is 0 Å². The van der Waals surface area contributed by atoms with Crippen LogP contribution < -0.4 is 9.57 Å². The fourth-order valence-electron chi connectivity index (χ4n) is 0.779. The lowest BCUT2D eigenvalue weighted by Gasteiger charge is -2.02. The molecule has 0 saturated carbocycles. The van der Waals surface area contributed by atoms with Gasteiger partial charge in [0, 0.05) is 6.07 Å². The SMILES string of the molecule is COc1cc(O)n(OC)c1O. The Kier molecular flexibility index (Phi) is 1.80. The Morgan fingerprint density at radius 3 is 2.27 bits per heavy atom. The average Bonchev–Trinajstić information content (AvgIpc) is 2.26. The molecule has 1 heterocycles. The predicted molar refractivity (Wildman–Crippen MR) is 36.8 cm³/mol. The largest absolute Gasteiger partial charge is 0.492 e. The highest BCUT2D eigenvalue weighted by Gasteiger charge is 2.13. The molecule has 5 heteroatoms. The van der Waals surface area contributed by atoms with E-state index in [1.807, 2.05) is 0 Å². The van der Waals surface area contributed by atoms with Crippen LogP contribution in [0.5, 0.6) is 17.5 Å². The molecule has 1 rings (SSSR count). The Bertz CT molecular complexity index is 255. The first-order valence-corrected chi connectivity index (χ1v) is 2.92. The van der Waals surface area contributed by atoms with Gasteiger partial charge in [-0.2, -0.15) is 0 Å². The van der Waals surface area contributed by atoms with E-state index in [4.69, 9.17) is 14.9 Å². The summed E-state index contributed by atoms with van der Waals surface area (Å²) in [5, 5.41) is 18.2. The second-order valence-corrected chi connectivity index (χ2v) is 1.87. The van der Waals surface area contributed by atoms with E-state index < -0.39 is 0 Å². The lowest BCUT2D eigenvalue weighted by Crippen LogP contribution is -2.03. The fourth-order valence-corrected chi connectivity index (χ4v) is 0.779. The lowest BCUT2D eigenvalue weighted by atomic mass is 10.6. The molecule has 0 atom stereocenters. The van der Waals surface area contributed by atoms with E-state index in [-0.39, 0.29) is 17.5 Å². The van der Waals surface area contributed by atoms with E-state index in [2.05, 4.69) is 4.84 Å². The lowest BCUT2D eigenvalue weighted by molar-refractivity contribution is 0.118. The van der Waals surface area contributed by atoms with Gasteiger partial charge < -0.3 is 19.8 Å². The quantitative estimate of drug-likeness (QED) is 0.635. The van der Waals surface area contributed by atoms with Crippen molar-refractivity contribution >= 4 is 0 Å². The molecule has 0 amide bonds. The summed E-state index contributed by atoms with van der Waals surface area (Å²) in [5.74, 6) is -0.293. The number of nitrogens with zero attached hydrogens (tertiary/aromatic N) is 1. The van der Waals surface area contributed by atoms with Gasteiger partial charge in [-0.25, -0.2) is 0 Å². The Balaban J connectivity index is 3.14. The second kappa shape index (κ2) is 2.61. The second-order valence-electron chi connectivity index (χ2n) is 1.87. The predicted octanol–water partition coefficient (Wildman–Crippen LogP) is -0.0337. The zero-order valence-corrected chi connectivity index (χ0v) is 6.24. The van der Waals surface area contributed by atoms with Crippen LogP contribution in [0.2, 0.25) is 0 Å². The minimum Gasteiger partial charge on any atom is -0.492 e. The highest BCUT2D eigenvalue weighted by molar-refractivity contribution is 5.40. The summed E-state index contributed by atoms with van der Waals surface area (Å²) in [6.45, 7) is 0. The van der Waals surface area contributed by atoms with Gasteiger partial charge in [0.15, 0.2) is 5.75 Å². The molecule has 0 aliphatic heterocycles. The van der Waals surface area contributed by atoms with Gasteiger partial charge in [0.2, 0.25) is 5.88 Å². The zero-order valence-electron chi connectivity index (χ0n) is 6.24. The van der Waals surface area contributed by atoms with Crippen molar-refractivity contribution < 1.29 is 19.8 Å². The highest BCUT2D eigenvalue weighted by atomic mass is 16.7. The summed E-state index contributed by atoms with van der Waals surface area (Å²) in [4.78, 5) is 4.59. The van der Waals surface area contributed by atoms with Crippen LogP contribution in [-0.4, -0.2) is 29.2 Å². The summed E-state index contributed by atoms with van der Waals surface area (Å²) >= 11 is 0. The molecule has 0 unspecified atom stereocenters. The minimum absolute atomic E-state index is 0.171. The van der Waals surface area contributed by atoms with Crippen molar-refractivity contribution in [1.29, 1.82) is 0 Å². The van der Waals surface area contributed by atoms with Crippen molar-refractivity contribution in [3.05, 3.63) is 6.07 Å². The summed E-state index contributed by atoms with van der Waals surface area (Å²) < 4.78 is 5.54. The first-order chi connectivity index (χ1) is 5.20. The molecule has 0 aliphatic rings. The molecule has 0 aliphatic carbocycles. The number of hydrogen-bond donors (Lipinski definition) is 2. The van der Waals surface area contributed by atoms with E-state index in [0.717, 1.165) is 4.73 Å². The number of hydrogen-bond acceptors (Lipinski definition) is 4. The Hall–Kier alpha value is -1.52. The molecule has 0 fully saturated rings. The van der Waals surface area contributed by atoms with Gasteiger partial charge in [0.25, 0.3) is 5.88 Å². The van der Waals surface area contributed by atoms with Gasteiger partial charge in [-0.05, 0) is 0 Å². The van der Waals surface area contributed by atoms with Crippen molar-refractivity contribution in [3.8, 4) is 17.5 Å². The van der Waals surface area contributed by atoms with Crippen LogP contribution in [0.1, 0.15) is 0 Å². The van der Waals surface area contributed by atoms with Crippen LogP contribution in [0.15, 0.2) is 6.07 Å². The van der Waals surface area contributed by atoms with Gasteiger partial charge in [0.05, 0.1) is 7.11 Å². The van der Waals surface area contributed by atoms with Crippen LogP contribution >= 0.6 is 0 Å². The van der Waals surface area contributed by atoms with Crippen molar-refractivity contribution in [1.82, 2.24) is 4.73 Å². The summed E-state index contributed by atoms with van der Waals surface area (Å²) in [5.41, 5.74) is 0. The van der Waals surface area contributed by atoms with Gasteiger partial charge in [0.1, 0.15) is 7.11 Å². The standard InChI is InChI=1S/C6H9NO4/c1-10-4-3-5(8)7(11-2)6(4)9/h3,8-9H,1-2H3. The molecule has 0 aromatic carbocycles. The van der Waals surface area contributed by atoms with E-state index in [1.165, 1.54) is 20.3 Å². The minimum atomic E-state index is -0.257. The maximum atomic E-state index is 9.16. The number of aromatic hydroxyl groups is 2. The molecule has 11 heavy (non-hydrogen) atoms. The van der Waals surface area contributed by atoms with Crippen LogP contribution in [0.25, 0.3) is 0 Å². The van der Waals surface area contributed by atoms with Crippen molar-refractivity contribution in [2.75, 3.05) is 14.2 Å². The number of ether oxygens (including phenoxy) is 1. The van der Waals surface area contributed by atoms with Crippen LogP contribution in [0.3, 0.4) is 0 Å². The third-order valence-electron chi connectivity index (χ3n) is 1.28. The third kappa shape index (κ3) is 1.04. The van der Waals surface area contributed by atoms with Crippen molar-refractivity contribution in [2.45, 2.75) is 0 Å². The third-order valence-corrected chi connectivity index (χ3v) is 1.28. The normalized spacial score (nSPS) is 9.64. The maximum Gasteiger partial charge on any atom is 0.272 e. The average molecular weight is 159 g/mol.